The zero-order valence-electron chi connectivity index (χ0n) is 16.3. The number of carbonyl (C=O) groups excluding carboxylic acids is 2. The van der Waals surface area contributed by atoms with Crippen molar-refractivity contribution in [3.8, 4) is 0 Å². The molecule has 2 amide bonds. The third kappa shape index (κ3) is 5.06. The van der Waals surface area contributed by atoms with Crippen LogP contribution < -0.4 is 5.32 Å². The van der Waals surface area contributed by atoms with Crippen LogP contribution in [0, 0.1) is 5.92 Å². The number of hydrogen-bond donors (Lipinski definition) is 1. The normalized spacial score (nSPS) is 17.3. The molecule has 1 aliphatic heterocycles. The lowest BCUT2D eigenvalue weighted by Gasteiger charge is -2.31. The van der Waals surface area contributed by atoms with Crippen molar-refractivity contribution in [2.75, 3.05) is 18.4 Å². The van der Waals surface area contributed by atoms with Gasteiger partial charge in [-0.25, -0.2) is 4.98 Å². The van der Waals surface area contributed by atoms with Crippen LogP contribution in [-0.4, -0.2) is 34.8 Å². The van der Waals surface area contributed by atoms with Gasteiger partial charge in [0.15, 0.2) is 5.13 Å². The van der Waals surface area contributed by atoms with Gasteiger partial charge >= 0.3 is 0 Å². The largest absolute Gasteiger partial charge is 0.342 e. The monoisotopic (exact) mass is 387 g/mol. The standard InChI is InChI=1S/C21H29N3O2S/c1-3-5-8-15-10-11-17-18(13-15)27-21(22-17)23-20(26)16-9-6-12-24(14-16)19(25)7-4-2/h10-11,13,16H,3-9,12,14H2,1-2H3,(H,22,23,26). The Kier molecular flexibility index (Phi) is 6.83. The van der Waals surface area contributed by atoms with E-state index in [-0.39, 0.29) is 17.7 Å². The first-order valence-electron chi connectivity index (χ1n) is 10.1. The Morgan fingerprint density at radius 3 is 2.93 bits per heavy atom. The fraction of sp³-hybridized carbons (Fsp3) is 0.571. The second-order valence-electron chi connectivity index (χ2n) is 7.34. The summed E-state index contributed by atoms with van der Waals surface area (Å²) < 4.78 is 1.11. The summed E-state index contributed by atoms with van der Waals surface area (Å²) in [7, 11) is 0. The van der Waals surface area contributed by atoms with Crippen molar-refractivity contribution < 1.29 is 9.59 Å². The van der Waals surface area contributed by atoms with E-state index >= 15 is 0 Å². The maximum Gasteiger partial charge on any atom is 0.231 e. The average Bonchev–Trinajstić information content (AvgIpc) is 3.08. The highest BCUT2D eigenvalue weighted by molar-refractivity contribution is 7.22. The fourth-order valence-corrected chi connectivity index (χ4v) is 4.49. The summed E-state index contributed by atoms with van der Waals surface area (Å²) in [6.45, 7) is 5.49. The number of hydrogen-bond acceptors (Lipinski definition) is 4. The molecular weight excluding hydrogens is 358 g/mol. The molecule has 0 saturated carbocycles. The molecular formula is C21H29N3O2S. The number of aromatic nitrogens is 1. The van der Waals surface area contributed by atoms with E-state index in [0.717, 1.165) is 42.4 Å². The van der Waals surface area contributed by atoms with Gasteiger partial charge in [-0.05, 0) is 49.8 Å². The number of amides is 2. The Hall–Kier alpha value is -1.95. The summed E-state index contributed by atoms with van der Waals surface area (Å²) in [5.41, 5.74) is 2.25. The molecule has 0 aliphatic carbocycles. The zero-order chi connectivity index (χ0) is 19.2. The molecule has 1 fully saturated rings. The van der Waals surface area contributed by atoms with Crippen LogP contribution in [0.2, 0.25) is 0 Å². The Morgan fingerprint density at radius 1 is 1.30 bits per heavy atom. The highest BCUT2D eigenvalue weighted by Gasteiger charge is 2.28. The van der Waals surface area contributed by atoms with E-state index in [1.54, 1.807) is 0 Å². The number of thiazole rings is 1. The molecule has 2 aromatic rings. The first kappa shape index (κ1) is 19.8. The summed E-state index contributed by atoms with van der Waals surface area (Å²) in [6.07, 6.45) is 6.56. The van der Waals surface area contributed by atoms with Gasteiger partial charge in [0.05, 0.1) is 16.1 Å². The molecule has 1 aromatic carbocycles. The minimum Gasteiger partial charge on any atom is -0.342 e. The number of anilines is 1. The number of unbranched alkanes of at least 4 members (excludes halogenated alkanes) is 1. The molecule has 1 aliphatic rings. The third-order valence-corrected chi connectivity index (χ3v) is 6.04. The number of carbonyl (C=O) groups is 2. The second kappa shape index (κ2) is 9.31. The highest BCUT2D eigenvalue weighted by Crippen LogP contribution is 2.28. The molecule has 27 heavy (non-hydrogen) atoms. The second-order valence-corrected chi connectivity index (χ2v) is 8.37. The van der Waals surface area contributed by atoms with Crippen LogP contribution in [0.4, 0.5) is 5.13 Å². The van der Waals surface area contributed by atoms with E-state index in [4.69, 9.17) is 0 Å². The maximum absolute atomic E-state index is 12.7. The SMILES string of the molecule is CCCCc1ccc2nc(NC(=O)C3CCCN(C(=O)CCC)C3)sc2c1. The van der Waals surface area contributed by atoms with Crippen LogP contribution in [-0.2, 0) is 16.0 Å². The molecule has 1 aromatic heterocycles. The minimum absolute atomic E-state index is 0.0192. The lowest BCUT2D eigenvalue weighted by atomic mass is 9.97. The summed E-state index contributed by atoms with van der Waals surface area (Å²) in [4.78, 5) is 31.2. The number of nitrogens with zero attached hydrogens (tertiary/aromatic N) is 2. The van der Waals surface area contributed by atoms with Gasteiger partial charge < -0.3 is 10.2 Å². The molecule has 1 atom stereocenters. The van der Waals surface area contributed by atoms with E-state index in [9.17, 15) is 9.59 Å². The maximum atomic E-state index is 12.7. The van der Waals surface area contributed by atoms with E-state index < -0.39 is 0 Å². The Morgan fingerprint density at radius 2 is 2.15 bits per heavy atom. The van der Waals surface area contributed by atoms with Crippen molar-refractivity contribution in [1.82, 2.24) is 9.88 Å². The van der Waals surface area contributed by atoms with Crippen LogP contribution in [0.1, 0.15) is 57.9 Å². The molecule has 1 unspecified atom stereocenters. The van der Waals surface area contributed by atoms with E-state index in [0.29, 0.717) is 18.1 Å². The topological polar surface area (TPSA) is 62.3 Å². The first-order valence-corrected chi connectivity index (χ1v) is 10.9. The van der Waals surface area contributed by atoms with Gasteiger partial charge in [0, 0.05) is 19.5 Å². The van der Waals surface area contributed by atoms with Gasteiger partial charge in [0.2, 0.25) is 11.8 Å². The zero-order valence-corrected chi connectivity index (χ0v) is 17.1. The van der Waals surface area contributed by atoms with Gasteiger partial charge in [-0.1, -0.05) is 37.7 Å². The fourth-order valence-electron chi connectivity index (χ4n) is 3.56. The Balaban J connectivity index is 1.63. The molecule has 146 valence electrons. The van der Waals surface area contributed by atoms with Crippen LogP contribution in [0.5, 0.6) is 0 Å². The minimum atomic E-state index is -0.147. The van der Waals surface area contributed by atoms with Crippen molar-refractivity contribution in [2.45, 2.75) is 58.8 Å². The van der Waals surface area contributed by atoms with Gasteiger partial charge in [-0.3, -0.25) is 9.59 Å². The lowest BCUT2D eigenvalue weighted by Crippen LogP contribution is -2.43. The Bertz CT molecular complexity index is 802. The van der Waals surface area contributed by atoms with Gasteiger partial charge in [0.1, 0.15) is 0 Å². The van der Waals surface area contributed by atoms with Crippen molar-refractivity contribution in [1.29, 1.82) is 0 Å². The first-order chi connectivity index (χ1) is 13.1. The summed E-state index contributed by atoms with van der Waals surface area (Å²) in [5.74, 6) is -0.00413. The molecule has 0 bridgehead atoms. The molecule has 1 N–H and O–H groups in total. The average molecular weight is 388 g/mol. The number of piperidine rings is 1. The van der Waals surface area contributed by atoms with Crippen LogP contribution in [0.25, 0.3) is 10.2 Å². The van der Waals surface area contributed by atoms with Gasteiger partial charge in [0.25, 0.3) is 0 Å². The van der Waals surface area contributed by atoms with Crippen molar-refractivity contribution >= 4 is 38.5 Å². The number of fused-ring (bicyclic) bond motifs is 1. The van der Waals surface area contributed by atoms with Crippen molar-refractivity contribution in [3.05, 3.63) is 23.8 Å². The number of likely N-dealkylation sites (tertiary alicyclic amines) is 1. The summed E-state index contributed by atoms with van der Waals surface area (Å²) in [6, 6.07) is 6.35. The van der Waals surface area contributed by atoms with E-state index in [1.807, 2.05) is 17.9 Å². The predicted molar refractivity (Wildman–Crippen MR) is 111 cm³/mol. The quantitative estimate of drug-likeness (QED) is 0.754. The third-order valence-electron chi connectivity index (χ3n) is 5.11. The van der Waals surface area contributed by atoms with E-state index in [1.165, 1.54) is 29.7 Å². The predicted octanol–water partition coefficient (Wildman–Crippen LogP) is 4.62. The molecule has 1 saturated heterocycles. The number of rotatable bonds is 7. The number of nitrogens with one attached hydrogen (secondary N) is 1. The molecule has 0 spiro atoms. The van der Waals surface area contributed by atoms with Gasteiger partial charge in [-0.2, -0.15) is 0 Å². The lowest BCUT2D eigenvalue weighted by molar-refractivity contribution is -0.134. The van der Waals surface area contributed by atoms with Crippen LogP contribution in [0.15, 0.2) is 18.2 Å². The summed E-state index contributed by atoms with van der Waals surface area (Å²) in [5, 5.41) is 3.64. The summed E-state index contributed by atoms with van der Waals surface area (Å²) >= 11 is 1.53. The Labute approximate surface area is 165 Å². The number of aryl methyl sites for hydroxylation is 1. The van der Waals surface area contributed by atoms with Crippen molar-refractivity contribution in [2.24, 2.45) is 5.92 Å². The highest BCUT2D eigenvalue weighted by atomic mass is 32.1. The molecule has 6 heteroatoms. The smallest absolute Gasteiger partial charge is 0.231 e. The van der Waals surface area contributed by atoms with Crippen molar-refractivity contribution in [3.63, 3.8) is 0 Å². The van der Waals surface area contributed by atoms with Gasteiger partial charge in [-0.15, -0.1) is 0 Å². The van der Waals surface area contributed by atoms with Crippen LogP contribution in [0.3, 0.4) is 0 Å². The molecule has 5 nitrogen and oxygen atoms in total. The number of benzene rings is 1. The van der Waals surface area contributed by atoms with E-state index in [2.05, 4.69) is 29.4 Å². The van der Waals surface area contributed by atoms with Crippen LogP contribution >= 0.6 is 11.3 Å². The molecule has 2 heterocycles. The molecule has 0 radical (unpaired) electrons. The molecule has 3 rings (SSSR count).